The summed E-state index contributed by atoms with van der Waals surface area (Å²) in [7, 11) is 0. The summed E-state index contributed by atoms with van der Waals surface area (Å²) in [6, 6.07) is 17.5. The van der Waals surface area contributed by atoms with E-state index in [1.54, 1.807) is 4.90 Å². The minimum absolute atomic E-state index is 0.0459. The van der Waals surface area contributed by atoms with E-state index in [9.17, 15) is 4.79 Å². The standard InChI is InChI=1S/C22H25N3O2/c1-4-24(14-17(2)3)22(26)15-25-20-13-9-8-12-19(20)23-21(25)16-27-18-10-6-5-7-11-18/h5-13H,2,4,14-16H2,1,3H3. The van der Waals surface area contributed by atoms with Crippen LogP contribution in [0.4, 0.5) is 0 Å². The molecule has 3 aromatic rings. The molecule has 0 spiro atoms. The summed E-state index contributed by atoms with van der Waals surface area (Å²) in [5.74, 6) is 1.56. The average Bonchev–Trinajstić information content (AvgIpc) is 3.02. The van der Waals surface area contributed by atoms with Crippen LogP contribution in [0, 0.1) is 0 Å². The number of carbonyl (C=O) groups excluding carboxylic acids is 1. The van der Waals surface area contributed by atoms with Crippen LogP contribution >= 0.6 is 0 Å². The van der Waals surface area contributed by atoms with Gasteiger partial charge in [-0.1, -0.05) is 42.5 Å². The first kappa shape index (κ1) is 18.7. The van der Waals surface area contributed by atoms with Gasteiger partial charge in [-0.2, -0.15) is 0 Å². The molecule has 3 rings (SSSR count). The molecule has 2 aromatic carbocycles. The number of hydrogen-bond acceptors (Lipinski definition) is 3. The molecule has 1 amide bonds. The molecule has 0 aliphatic rings. The summed E-state index contributed by atoms with van der Waals surface area (Å²) < 4.78 is 7.82. The first-order chi connectivity index (χ1) is 13.1. The fraction of sp³-hybridized carbons (Fsp3) is 0.273. The smallest absolute Gasteiger partial charge is 0.242 e. The van der Waals surface area contributed by atoms with Gasteiger partial charge >= 0.3 is 0 Å². The maximum absolute atomic E-state index is 12.8. The topological polar surface area (TPSA) is 47.4 Å². The summed E-state index contributed by atoms with van der Waals surface area (Å²) in [6.07, 6.45) is 0. The van der Waals surface area contributed by atoms with Gasteiger partial charge < -0.3 is 14.2 Å². The minimum atomic E-state index is 0.0459. The monoisotopic (exact) mass is 363 g/mol. The highest BCUT2D eigenvalue weighted by atomic mass is 16.5. The van der Waals surface area contributed by atoms with Crippen LogP contribution in [-0.4, -0.2) is 33.4 Å². The minimum Gasteiger partial charge on any atom is -0.486 e. The lowest BCUT2D eigenvalue weighted by Gasteiger charge is -2.22. The number of para-hydroxylation sites is 3. The predicted molar refractivity (Wildman–Crippen MR) is 108 cm³/mol. The second-order valence-electron chi connectivity index (χ2n) is 6.57. The highest BCUT2D eigenvalue weighted by molar-refractivity contribution is 5.81. The van der Waals surface area contributed by atoms with Gasteiger partial charge in [0, 0.05) is 13.1 Å². The normalized spacial score (nSPS) is 10.7. The molecule has 0 atom stereocenters. The third-order valence-electron chi connectivity index (χ3n) is 4.33. The molecule has 5 heteroatoms. The molecule has 5 nitrogen and oxygen atoms in total. The van der Waals surface area contributed by atoms with Crippen LogP contribution in [0.3, 0.4) is 0 Å². The van der Waals surface area contributed by atoms with Gasteiger partial charge in [-0.15, -0.1) is 0 Å². The molecule has 0 aliphatic carbocycles. The molecule has 0 radical (unpaired) electrons. The third-order valence-corrected chi connectivity index (χ3v) is 4.33. The van der Waals surface area contributed by atoms with Crippen molar-refractivity contribution in [1.29, 1.82) is 0 Å². The number of aromatic nitrogens is 2. The Morgan fingerprint density at radius 3 is 2.56 bits per heavy atom. The SMILES string of the molecule is C=C(C)CN(CC)C(=O)Cn1c(COc2ccccc2)nc2ccccc21. The van der Waals surface area contributed by atoms with Crippen molar-refractivity contribution in [2.75, 3.05) is 13.1 Å². The van der Waals surface area contributed by atoms with Crippen LogP contribution in [0.5, 0.6) is 5.75 Å². The summed E-state index contributed by atoms with van der Waals surface area (Å²) >= 11 is 0. The average molecular weight is 363 g/mol. The molecule has 0 fully saturated rings. The third kappa shape index (κ3) is 4.56. The molecular weight excluding hydrogens is 338 g/mol. The lowest BCUT2D eigenvalue weighted by atomic mass is 10.3. The Labute approximate surface area is 159 Å². The van der Waals surface area contributed by atoms with Gasteiger partial charge in [-0.25, -0.2) is 4.98 Å². The number of amides is 1. The molecule has 0 unspecified atom stereocenters. The Hall–Kier alpha value is -3.08. The first-order valence-corrected chi connectivity index (χ1v) is 9.12. The van der Waals surface area contributed by atoms with E-state index < -0.39 is 0 Å². The van der Waals surface area contributed by atoms with Crippen molar-refractivity contribution in [3.63, 3.8) is 0 Å². The Kier molecular flexibility index (Phi) is 5.91. The van der Waals surface area contributed by atoms with Gasteiger partial charge in [0.1, 0.15) is 24.7 Å². The van der Waals surface area contributed by atoms with Crippen molar-refractivity contribution in [3.05, 3.63) is 72.6 Å². The molecule has 0 N–H and O–H groups in total. The van der Waals surface area contributed by atoms with Crippen LogP contribution in [0.2, 0.25) is 0 Å². The summed E-state index contributed by atoms with van der Waals surface area (Å²) in [5.41, 5.74) is 2.76. The largest absolute Gasteiger partial charge is 0.486 e. The number of rotatable bonds is 8. The number of carbonyl (C=O) groups is 1. The highest BCUT2D eigenvalue weighted by Crippen LogP contribution is 2.19. The molecule has 0 saturated carbocycles. The lowest BCUT2D eigenvalue weighted by Crippen LogP contribution is -2.35. The van der Waals surface area contributed by atoms with E-state index >= 15 is 0 Å². The fourth-order valence-corrected chi connectivity index (χ4v) is 3.01. The number of imidazole rings is 1. The van der Waals surface area contributed by atoms with Crippen molar-refractivity contribution in [2.45, 2.75) is 27.0 Å². The fourth-order valence-electron chi connectivity index (χ4n) is 3.01. The molecule has 0 saturated heterocycles. The number of likely N-dealkylation sites (N-methyl/N-ethyl adjacent to an activating group) is 1. The molecule has 140 valence electrons. The maximum atomic E-state index is 12.8. The van der Waals surface area contributed by atoms with E-state index in [0.717, 1.165) is 28.2 Å². The number of fused-ring (bicyclic) bond motifs is 1. The van der Waals surface area contributed by atoms with Gasteiger partial charge in [0.15, 0.2) is 0 Å². The maximum Gasteiger partial charge on any atom is 0.242 e. The summed E-state index contributed by atoms with van der Waals surface area (Å²) in [4.78, 5) is 19.3. The zero-order valence-corrected chi connectivity index (χ0v) is 15.9. The van der Waals surface area contributed by atoms with E-state index in [4.69, 9.17) is 4.74 Å². The summed E-state index contributed by atoms with van der Waals surface area (Å²) in [5, 5.41) is 0. The van der Waals surface area contributed by atoms with Gasteiger partial charge in [-0.05, 0) is 38.1 Å². The molecule has 1 aromatic heterocycles. The van der Waals surface area contributed by atoms with Crippen molar-refractivity contribution in [1.82, 2.24) is 14.5 Å². The van der Waals surface area contributed by atoms with Crippen molar-refractivity contribution < 1.29 is 9.53 Å². The Morgan fingerprint density at radius 1 is 1.15 bits per heavy atom. The Bertz CT molecular complexity index is 931. The van der Waals surface area contributed by atoms with Crippen molar-refractivity contribution in [2.24, 2.45) is 0 Å². The van der Waals surface area contributed by atoms with E-state index in [-0.39, 0.29) is 12.5 Å². The Balaban J connectivity index is 1.86. The van der Waals surface area contributed by atoms with Crippen LogP contribution < -0.4 is 4.74 Å². The van der Waals surface area contributed by atoms with Gasteiger partial charge in [0.05, 0.1) is 11.0 Å². The van der Waals surface area contributed by atoms with Crippen LogP contribution in [-0.2, 0) is 17.9 Å². The number of nitrogens with zero attached hydrogens (tertiary/aromatic N) is 3. The number of benzene rings is 2. The van der Waals surface area contributed by atoms with Crippen molar-refractivity contribution in [3.8, 4) is 5.75 Å². The number of ether oxygens (including phenoxy) is 1. The van der Waals surface area contributed by atoms with Crippen LogP contribution in [0.15, 0.2) is 66.7 Å². The predicted octanol–water partition coefficient (Wildman–Crippen LogP) is 4.04. The van der Waals surface area contributed by atoms with E-state index in [1.807, 2.05) is 73.0 Å². The second kappa shape index (κ2) is 8.54. The van der Waals surface area contributed by atoms with Crippen LogP contribution in [0.25, 0.3) is 11.0 Å². The van der Waals surface area contributed by atoms with E-state index in [2.05, 4.69) is 11.6 Å². The molecule has 0 bridgehead atoms. The Morgan fingerprint density at radius 2 is 1.85 bits per heavy atom. The quantitative estimate of drug-likeness (QED) is 0.568. The van der Waals surface area contributed by atoms with E-state index in [0.29, 0.717) is 19.7 Å². The van der Waals surface area contributed by atoms with E-state index in [1.165, 1.54) is 0 Å². The van der Waals surface area contributed by atoms with Gasteiger partial charge in [0.25, 0.3) is 0 Å². The van der Waals surface area contributed by atoms with Crippen LogP contribution in [0.1, 0.15) is 19.7 Å². The molecule has 0 aliphatic heterocycles. The number of hydrogen-bond donors (Lipinski definition) is 0. The lowest BCUT2D eigenvalue weighted by molar-refractivity contribution is -0.131. The van der Waals surface area contributed by atoms with Crippen molar-refractivity contribution >= 4 is 16.9 Å². The van der Waals surface area contributed by atoms with Gasteiger partial charge in [0.2, 0.25) is 5.91 Å². The second-order valence-corrected chi connectivity index (χ2v) is 6.57. The first-order valence-electron chi connectivity index (χ1n) is 9.12. The highest BCUT2D eigenvalue weighted by Gasteiger charge is 2.17. The molecule has 27 heavy (non-hydrogen) atoms. The molecular formula is C22H25N3O2. The summed E-state index contributed by atoms with van der Waals surface area (Å²) in [6.45, 7) is 9.58. The molecule has 1 heterocycles. The zero-order valence-electron chi connectivity index (χ0n) is 15.9. The van der Waals surface area contributed by atoms with Gasteiger partial charge in [-0.3, -0.25) is 4.79 Å². The zero-order chi connectivity index (χ0) is 19.2.